The quantitative estimate of drug-likeness (QED) is 0.326. The first kappa shape index (κ1) is 27.4. The SMILES string of the molecule is COc1ccc(OC)c(-c2ccc(C(=O)NS(=O)(=O)c3ccc[nH]c3=O)c(Oc3c(C)cc(C)cc3C)n2)c1.[HH]. The summed E-state index contributed by atoms with van der Waals surface area (Å²) in [6, 6.07) is 14.4. The largest absolute Gasteiger partial charge is 0.497 e. The lowest BCUT2D eigenvalue weighted by Gasteiger charge is -2.17. The van der Waals surface area contributed by atoms with Gasteiger partial charge in [0.15, 0.2) is 4.90 Å². The van der Waals surface area contributed by atoms with E-state index >= 15 is 0 Å². The number of amides is 1. The van der Waals surface area contributed by atoms with Gasteiger partial charge in [0.1, 0.15) is 22.8 Å². The summed E-state index contributed by atoms with van der Waals surface area (Å²) in [6.45, 7) is 5.67. The van der Waals surface area contributed by atoms with Gasteiger partial charge in [-0.1, -0.05) is 17.7 Å². The average Bonchev–Trinajstić information content (AvgIpc) is 2.90. The van der Waals surface area contributed by atoms with Crippen LogP contribution in [-0.4, -0.2) is 38.5 Å². The number of carbonyl (C=O) groups excluding carboxylic acids is 1. The van der Waals surface area contributed by atoms with Gasteiger partial charge in [0.2, 0.25) is 5.88 Å². The van der Waals surface area contributed by atoms with Crippen molar-refractivity contribution in [3.05, 3.63) is 93.4 Å². The second kappa shape index (κ2) is 11.0. The molecule has 4 aromatic rings. The molecule has 0 aliphatic heterocycles. The number of nitrogens with one attached hydrogen (secondary N) is 2. The van der Waals surface area contributed by atoms with Gasteiger partial charge in [0.05, 0.1) is 19.9 Å². The normalized spacial score (nSPS) is 11.1. The van der Waals surface area contributed by atoms with E-state index in [0.717, 1.165) is 22.8 Å². The molecule has 39 heavy (non-hydrogen) atoms. The zero-order valence-electron chi connectivity index (χ0n) is 22.0. The molecule has 1 amide bonds. The number of aromatic nitrogens is 2. The molecule has 2 N–H and O–H groups in total. The van der Waals surface area contributed by atoms with E-state index in [2.05, 4.69) is 9.97 Å². The van der Waals surface area contributed by atoms with Crippen LogP contribution in [0, 0.1) is 20.8 Å². The summed E-state index contributed by atoms with van der Waals surface area (Å²) in [5.41, 5.74) is 2.56. The monoisotopic (exact) mass is 551 g/mol. The Kier molecular flexibility index (Phi) is 7.73. The van der Waals surface area contributed by atoms with Crippen molar-refractivity contribution >= 4 is 15.9 Å². The Morgan fingerprint density at radius 2 is 1.69 bits per heavy atom. The van der Waals surface area contributed by atoms with Gasteiger partial charge in [-0.3, -0.25) is 9.59 Å². The molecule has 0 saturated carbocycles. The van der Waals surface area contributed by atoms with Gasteiger partial charge in [-0.25, -0.2) is 18.1 Å². The lowest BCUT2D eigenvalue weighted by Crippen LogP contribution is -2.34. The minimum Gasteiger partial charge on any atom is -0.497 e. The van der Waals surface area contributed by atoms with E-state index in [9.17, 15) is 18.0 Å². The molecule has 0 unspecified atom stereocenters. The minimum atomic E-state index is -4.50. The Balaban J connectivity index is 0.00000441. The number of sulfonamides is 1. The second-order valence-electron chi connectivity index (χ2n) is 8.74. The molecule has 0 aliphatic rings. The van der Waals surface area contributed by atoms with Gasteiger partial charge in [-0.05, 0) is 74.4 Å². The second-order valence-corrected chi connectivity index (χ2v) is 10.4. The molecule has 0 spiro atoms. The maximum absolute atomic E-state index is 13.3. The molecule has 0 bridgehead atoms. The van der Waals surface area contributed by atoms with E-state index in [1.165, 1.54) is 38.6 Å². The van der Waals surface area contributed by atoms with Crippen LogP contribution < -0.4 is 24.5 Å². The number of ether oxygens (including phenoxy) is 3. The molecule has 4 rings (SSSR count). The number of benzene rings is 2. The van der Waals surface area contributed by atoms with Crippen LogP contribution in [0.1, 0.15) is 28.5 Å². The highest BCUT2D eigenvalue weighted by atomic mass is 32.2. The van der Waals surface area contributed by atoms with Crippen molar-refractivity contribution in [1.29, 1.82) is 0 Å². The van der Waals surface area contributed by atoms with Crippen molar-refractivity contribution in [3.8, 4) is 34.4 Å². The van der Waals surface area contributed by atoms with Crippen LogP contribution in [0.25, 0.3) is 11.3 Å². The van der Waals surface area contributed by atoms with E-state index in [4.69, 9.17) is 14.2 Å². The molecule has 0 atom stereocenters. The number of nitrogens with zero attached hydrogens (tertiary/aromatic N) is 1. The number of H-pyrrole nitrogens is 1. The van der Waals surface area contributed by atoms with Gasteiger partial charge in [0, 0.05) is 13.2 Å². The van der Waals surface area contributed by atoms with Gasteiger partial charge in [-0.15, -0.1) is 0 Å². The van der Waals surface area contributed by atoms with Crippen LogP contribution in [0.2, 0.25) is 0 Å². The smallest absolute Gasteiger partial charge is 0.270 e. The van der Waals surface area contributed by atoms with E-state index in [1.807, 2.05) is 37.6 Å². The fraction of sp³-hybridized carbons (Fsp3) is 0.179. The summed E-state index contributed by atoms with van der Waals surface area (Å²) in [6.07, 6.45) is 1.29. The van der Waals surface area contributed by atoms with E-state index in [1.54, 1.807) is 18.2 Å². The van der Waals surface area contributed by atoms with E-state index in [0.29, 0.717) is 28.5 Å². The predicted molar refractivity (Wildman–Crippen MR) is 147 cm³/mol. The Bertz CT molecular complexity index is 1710. The molecule has 11 heteroatoms. The number of hydrogen-bond donors (Lipinski definition) is 2. The summed E-state index contributed by atoms with van der Waals surface area (Å²) in [4.78, 5) is 31.6. The van der Waals surface area contributed by atoms with Gasteiger partial charge >= 0.3 is 0 Å². The standard InChI is InChI=1S/C28H27N3O7S.H2/c1-16-13-17(2)25(18(3)14-16)38-28-20(26(32)31-39(34,35)24-7-6-12-29-27(24)33)9-10-22(30-28)21-15-19(36-4)8-11-23(21)37-5;/h6-15H,1-5H3,(H,29,33)(H,31,32);1H. The van der Waals surface area contributed by atoms with Gasteiger partial charge in [-0.2, -0.15) is 0 Å². The first-order valence-electron chi connectivity index (χ1n) is 11.8. The topological polar surface area (TPSA) is 137 Å². The van der Waals surface area contributed by atoms with Crippen LogP contribution in [0.5, 0.6) is 23.1 Å². The number of hydrogen-bond acceptors (Lipinski definition) is 8. The van der Waals surface area contributed by atoms with Crippen LogP contribution in [0.15, 0.2) is 70.5 Å². The third kappa shape index (κ3) is 5.78. The van der Waals surface area contributed by atoms with Crippen LogP contribution in [-0.2, 0) is 10.0 Å². The lowest BCUT2D eigenvalue weighted by atomic mass is 10.1. The molecule has 0 aliphatic carbocycles. The molecule has 0 saturated heterocycles. The van der Waals surface area contributed by atoms with Crippen LogP contribution in [0.4, 0.5) is 0 Å². The molecule has 2 heterocycles. The summed E-state index contributed by atoms with van der Waals surface area (Å²) >= 11 is 0. The summed E-state index contributed by atoms with van der Waals surface area (Å²) in [5.74, 6) is 0.370. The molecule has 204 valence electrons. The number of aromatic amines is 1. The van der Waals surface area contributed by atoms with Crippen molar-refractivity contribution in [2.75, 3.05) is 14.2 Å². The first-order chi connectivity index (χ1) is 18.5. The molecular formula is C28H29N3O7S. The van der Waals surface area contributed by atoms with Gasteiger partial charge in [0.25, 0.3) is 21.5 Å². The van der Waals surface area contributed by atoms with Crippen molar-refractivity contribution in [2.24, 2.45) is 0 Å². The lowest BCUT2D eigenvalue weighted by molar-refractivity contribution is 0.0978. The maximum Gasteiger partial charge on any atom is 0.270 e. The highest BCUT2D eigenvalue weighted by molar-refractivity contribution is 7.90. The zero-order chi connectivity index (χ0) is 28.3. The van der Waals surface area contributed by atoms with Crippen molar-refractivity contribution in [2.45, 2.75) is 25.7 Å². The molecule has 0 radical (unpaired) electrons. The average molecular weight is 552 g/mol. The predicted octanol–water partition coefficient (Wildman–Crippen LogP) is 4.54. The Morgan fingerprint density at radius 3 is 2.33 bits per heavy atom. The van der Waals surface area contributed by atoms with Crippen LogP contribution >= 0.6 is 0 Å². The number of carbonyl (C=O) groups is 1. The molecule has 2 aromatic carbocycles. The Hall–Kier alpha value is -4.64. The van der Waals surface area contributed by atoms with E-state index < -0.39 is 26.4 Å². The van der Waals surface area contributed by atoms with Crippen molar-refractivity contribution in [3.63, 3.8) is 0 Å². The third-order valence-corrected chi connectivity index (χ3v) is 7.24. The number of methoxy groups -OCH3 is 2. The number of pyridine rings is 2. The number of rotatable bonds is 8. The first-order valence-corrected chi connectivity index (χ1v) is 13.3. The third-order valence-electron chi connectivity index (χ3n) is 5.89. The highest BCUT2D eigenvalue weighted by Crippen LogP contribution is 2.36. The summed E-state index contributed by atoms with van der Waals surface area (Å²) in [7, 11) is -1.45. The maximum atomic E-state index is 13.3. The Labute approximate surface area is 227 Å². The summed E-state index contributed by atoms with van der Waals surface area (Å²) in [5, 5.41) is 0. The minimum absolute atomic E-state index is 0. The van der Waals surface area contributed by atoms with E-state index in [-0.39, 0.29) is 12.9 Å². The number of aryl methyl sites for hydroxylation is 3. The molecular weight excluding hydrogens is 522 g/mol. The Morgan fingerprint density at radius 1 is 0.974 bits per heavy atom. The molecule has 2 aromatic heterocycles. The van der Waals surface area contributed by atoms with Gasteiger partial charge < -0.3 is 19.2 Å². The fourth-order valence-electron chi connectivity index (χ4n) is 4.13. The van der Waals surface area contributed by atoms with Crippen LogP contribution in [0.3, 0.4) is 0 Å². The van der Waals surface area contributed by atoms with Crippen molar-refractivity contribution in [1.82, 2.24) is 14.7 Å². The highest BCUT2D eigenvalue weighted by Gasteiger charge is 2.26. The molecule has 10 nitrogen and oxygen atoms in total. The fourth-order valence-corrected chi connectivity index (χ4v) is 5.15. The molecule has 0 fully saturated rings. The zero-order valence-corrected chi connectivity index (χ0v) is 22.8. The van der Waals surface area contributed by atoms with Crippen molar-refractivity contribution < 1.29 is 28.8 Å². The summed E-state index contributed by atoms with van der Waals surface area (Å²) < 4.78 is 44.6.